The number of aryl methyl sites for hydroxylation is 1. The predicted octanol–water partition coefficient (Wildman–Crippen LogP) is 1.38. The molecule has 0 radical (unpaired) electrons. The highest BCUT2D eigenvalue weighted by molar-refractivity contribution is 7.80. The number of thiocarbonyl (C=S) groups is 1. The molecule has 1 aliphatic heterocycles. The van der Waals surface area contributed by atoms with Crippen LogP contribution in [-0.4, -0.2) is 33.8 Å². The van der Waals surface area contributed by atoms with Gasteiger partial charge in [0.2, 0.25) is 0 Å². The van der Waals surface area contributed by atoms with E-state index < -0.39 is 5.60 Å². The average molecular weight is 265 g/mol. The third kappa shape index (κ3) is 2.79. The largest absolute Gasteiger partial charge is 0.390 e. The Bertz CT molecular complexity index is 463. The Balaban J connectivity index is 2.28. The molecule has 1 saturated heterocycles. The van der Waals surface area contributed by atoms with Crippen LogP contribution in [0, 0.1) is 6.92 Å². The second kappa shape index (κ2) is 4.82. The van der Waals surface area contributed by atoms with Gasteiger partial charge in [-0.3, -0.25) is 0 Å². The van der Waals surface area contributed by atoms with E-state index in [1.165, 1.54) is 0 Å². The molecule has 98 valence electrons. The van der Waals surface area contributed by atoms with Crippen molar-refractivity contribution in [3.8, 4) is 0 Å². The Labute approximate surface area is 113 Å². The van der Waals surface area contributed by atoms with Gasteiger partial charge in [-0.2, -0.15) is 0 Å². The smallest absolute Gasteiger partial charge is 0.139 e. The van der Waals surface area contributed by atoms with Crippen LogP contribution in [0.25, 0.3) is 0 Å². The average Bonchev–Trinajstić information content (AvgIpc) is 2.28. The summed E-state index contributed by atoms with van der Waals surface area (Å²) in [5, 5.41) is 9.97. The molecule has 0 unspecified atom stereocenters. The van der Waals surface area contributed by atoms with Gasteiger partial charge >= 0.3 is 0 Å². The van der Waals surface area contributed by atoms with Crippen LogP contribution in [-0.2, 0) is 0 Å². The number of pyridine rings is 1. The van der Waals surface area contributed by atoms with Crippen molar-refractivity contribution in [1.29, 1.82) is 0 Å². The Kier molecular flexibility index (Phi) is 3.54. The van der Waals surface area contributed by atoms with E-state index in [9.17, 15) is 5.11 Å². The highest BCUT2D eigenvalue weighted by atomic mass is 32.1. The van der Waals surface area contributed by atoms with Crippen molar-refractivity contribution in [1.82, 2.24) is 4.98 Å². The first-order valence-electron chi connectivity index (χ1n) is 6.14. The molecule has 1 aromatic rings. The quantitative estimate of drug-likeness (QED) is 0.791. The number of piperidine rings is 1. The number of nitrogens with zero attached hydrogens (tertiary/aromatic N) is 2. The van der Waals surface area contributed by atoms with Gasteiger partial charge in [-0.1, -0.05) is 12.2 Å². The zero-order valence-electron chi connectivity index (χ0n) is 10.8. The van der Waals surface area contributed by atoms with Crippen LogP contribution >= 0.6 is 12.2 Å². The van der Waals surface area contributed by atoms with Crippen molar-refractivity contribution < 1.29 is 5.11 Å². The first-order valence-corrected chi connectivity index (χ1v) is 6.55. The maximum Gasteiger partial charge on any atom is 0.139 e. The SMILES string of the molecule is Cc1ccc(C(N)=S)c(N2CCC(C)(O)CC2)n1. The second-order valence-electron chi connectivity index (χ2n) is 5.17. The maximum absolute atomic E-state index is 9.97. The minimum absolute atomic E-state index is 0.370. The molecule has 1 aromatic heterocycles. The number of aromatic nitrogens is 1. The molecular formula is C13H19N3OS. The summed E-state index contributed by atoms with van der Waals surface area (Å²) in [7, 11) is 0. The van der Waals surface area contributed by atoms with Crippen LogP contribution < -0.4 is 10.6 Å². The molecule has 0 atom stereocenters. The zero-order valence-corrected chi connectivity index (χ0v) is 11.6. The molecule has 0 saturated carbocycles. The fraction of sp³-hybridized carbons (Fsp3) is 0.538. The molecule has 0 aromatic carbocycles. The van der Waals surface area contributed by atoms with E-state index in [1.54, 1.807) is 0 Å². The van der Waals surface area contributed by atoms with Crippen LogP contribution in [0.15, 0.2) is 12.1 Å². The molecule has 5 heteroatoms. The summed E-state index contributed by atoms with van der Waals surface area (Å²) in [5.41, 5.74) is 6.94. The van der Waals surface area contributed by atoms with Crippen molar-refractivity contribution >= 4 is 23.0 Å². The monoisotopic (exact) mass is 265 g/mol. The van der Waals surface area contributed by atoms with Crippen LogP contribution in [0.4, 0.5) is 5.82 Å². The molecular weight excluding hydrogens is 246 g/mol. The molecule has 0 aliphatic carbocycles. The fourth-order valence-electron chi connectivity index (χ4n) is 2.18. The van der Waals surface area contributed by atoms with Gasteiger partial charge in [0, 0.05) is 18.8 Å². The first kappa shape index (κ1) is 13.2. The number of anilines is 1. The van der Waals surface area contributed by atoms with E-state index in [1.807, 2.05) is 26.0 Å². The minimum atomic E-state index is -0.566. The number of nitrogens with two attached hydrogens (primary N) is 1. The normalized spacial score (nSPS) is 18.7. The molecule has 0 bridgehead atoms. The van der Waals surface area contributed by atoms with Gasteiger partial charge in [-0.05, 0) is 38.8 Å². The van der Waals surface area contributed by atoms with Crippen molar-refractivity contribution in [3.05, 3.63) is 23.4 Å². The summed E-state index contributed by atoms with van der Waals surface area (Å²) >= 11 is 5.07. The van der Waals surface area contributed by atoms with Gasteiger partial charge in [-0.15, -0.1) is 0 Å². The van der Waals surface area contributed by atoms with Crippen molar-refractivity contribution in [2.75, 3.05) is 18.0 Å². The Morgan fingerprint density at radius 3 is 2.61 bits per heavy atom. The maximum atomic E-state index is 9.97. The van der Waals surface area contributed by atoms with Crippen molar-refractivity contribution in [2.45, 2.75) is 32.3 Å². The number of aliphatic hydroxyl groups is 1. The number of hydrogen-bond donors (Lipinski definition) is 2. The van der Waals surface area contributed by atoms with Crippen LogP contribution in [0.1, 0.15) is 31.0 Å². The van der Waals surface area contributed by atoms with Crippen LogP contribution in [0.2, 0.25) is 0 Å². The lowest BCUT2D eigenvalue weighted by Crippen LogP contribution is -2.43. The van der Waals surface area contributed by atoms with E-state index in [0.29, 0.717) is 4.99 Å². The standard InChI is InChI=1S/C13H19N3OS/c1-9-3-4-10(11(14)18)12(15-9)16-7-5-13(2,17)6-8-16/h3-4,17H,5-8H2,1-2H3,(H2,14,18). The van der Waals surface area contributed by atoms with Crippen molar-refractivity contribution in [3.63, 3.8) is 0 Å². The van der Waals surface area contributed by atoms with Gasteiger partial charge in [0.15, 0.2) is 0 Å². The molecule has 18 heavy (non-hydrogen) atoms. The van der Waals surface area contributed by atoms with Crippen LogP contribution in [0.5, 0.6) is 0 Å². The van der Waals surface area contributed by atoms with Gasteiger partial charge in [0.05, 0.1) is 11.2 Å². The van der Waals surface area contributed by atoms with Gasteiger partial charge in [0.1, 0.15) is 10.8 Å². The first-order chi connectivity index (χ1) is 8.39. The third-order valence-electron chi connectivity index (χ3n) is 3.42. The summed E-state index contributed by atoms with van der Waals surface area (Å²) in [4.78, 5) is 7.07. The zero-order chi connectivity index (χ0) is 13.3. The van der Waals surface area contributed by atoms with Gasteiger partial charge in [-0.25, -0.2) is 4.98 Å². The topological polar surface area (TPSA) is 62.4 Å². The molecule has 4 nitrogen and oxygen atoms in total. The highest BCUT2D eigenvalue weighted by Crippen LogP contribution is 2.27. The lowest BCUT2D eigenvalue weighted by molar-refractivity contribution is 0.0350. The van der Waals surface area contributed by atoms with E-state index in [-0.39, 0.29) is 0 Å². The molecule has 1 aliphatic rings. The number of hydrogen-bond acceptors (Lipinski definition) is 4. The van der Waals surface area contributed by atoms with E-state index >= 15 is 0 Å². The summed E-state index contributed by atoms with van der Waals surface area (Å²) in [6, 6.07) is 3.84. The molecule has 2 heterocycles. The summed E-state index contributed by atoms with van der Waals surface area (Å²) in [6.45, 7) is 5.38. The summed E-state index contributed by atoms with van der Waals surface area (Å²) < 4.78 is 0. The van der Waals surface area contributed by atoms with E-state index in [0.717, 1.165) is 43.0 Å². The molecule has 3 N–H and O–H groups in total. The highest BCUT2D eigenvalue weighted by Gasteiger charge is 2.29. The lowest BCUT2D eigenvalue weighted by Gasteiger charge is -2.37. The fourth-order valence-corrected chi connectivity index (χ4v) is 2.34. The predicted molar refractivity (Wildman–Crippen MR) is 76.9 cm³/mol. The molecule has 2 rings (SSSR count). The molecule has 0 amide bonds. The molecule has 1 fully saturated rings. The van der Waals surface area contributed by atoms with Gasteiger partial charge in [0.25, 0.3) is 0 Å². The van der Waals surface area contributed by atoms with Crippen LogP contribution in [0.3, 0.4) is 0 Å². The minimum Gasteiger partial charge on any atom is -0.390 e. The van der Waals surface area contributed by atoms with Crippen molar-refractivity contribution in [2.24, 2.45) is 5.73 Å². The number of rotatable bonds is 2. The van der Waals surface area contributed by atoms with E-state index in [2.05, 4.69) is 9.88 Å². The summed E-state index contributed by atoms with van der Waals surface area (Å²) in [5.74, 6) is 0.845. The third-order valence-corrected chi connectivity index (χ3v) is 3.64. The Hall–Kier alpha value is -1.20. The Morgan fingerprint density at radius 2 is 2.06 bits per heavy atom. The molecule has 0 spiro atoms. The Morgan fingerprint density at radius 1 is 1.44 bits per heavy atom. The second-order valence-corrected chi connectivity index (χ2v) is 5.61. The lowest BCUT2D eigenvalue weighted by atomic mass is 9.93. The van der Waals surface area contributed by atoms with Gasteiger partial charge < -0.3 is 15.7 Å². The van der Waals surface area contributed by atoms with E-state index in [4.69, 9.17) is 18.0 Å². The summed E-state index contributed by atoms with van der Waals surface area (Å²) in [6.07, 6.45) is 1.47.